The van der Waals surface area contributed by atoms with Crippen molar-refractivity contribution in [1.82, 2.24) is 39.3 Å². The summed E-state index contributed by atoms with van der Waals surface area (Å²) in [6, 6.07) is 5.45. The minimum Gasteiger partial charge on any atom is -0.382 e. The van der Waals surface area contributed by atoms with Gasteiger partial charge in [-0.15, -0.1) is 0 Å². The Bertz CT molecular complexity index is 1780. The quantitative estimate of drug-likeness (QED) is 0.345. The molecule has 1 aliphatic rings. The van der Waals surface area contributed by atoms with E-state index >= 15 is 0 Å². The summed E-state index contributed by atoms with van der Waals surface area (Å²) in [6.07, 6.45) is 11.6. The number of hydrogen-bond acceptors (Lipinski definition) is 9. The van der Waals surface area contributed by atoms with Gasteiger partial charge in [0.1, 0.15) is 35.7 Å². The molecule has 188 valence electrons. The fourth-order valence-electron chi connectivity index (χ4n) is 4.45. The molecule has 0 bridgehead atoms. The van der Waals surface area contributed by atoms with E-state index in [2.05, 4.69) is 42.2 Å². The zero-order chi connectivity index (χ0) is 26.2. The third-order valence-corrected chi connectivity index (χ3v) is 6.39. The summed E-state index contributed by atoms with van der Waals surface area (Å²) >= 11 is 0. The molecule has 1 saturated carbocycles. The molecule has 11 nitrogen and oxygen atoms in total. The second-order valence-corrected chi connectivity index (χ2v) is 9.20. The van der Waals surface area contributed by atoms with Crippen LogP contribution in [0.4, 0.5) is 11.6 Å². The van der Waals surface area contributed by atoms with Gasteiger partial charge in [0.15, 0.2) is 0 Å². The zero-order valence-electron chi connectivity index (χ0n) is 20.8. The Balaban J connectivity index is 1.43. The lowest BCUT2D eigenvalue weighted by Gasteiger charge is -2.21. The van der Waals surface area contributed by atoms with Crippen LogP contribution < -0.4 is 16.6 Å². The van der Waals surface area contributed by atoms with E-state index in [9.17, 15) is 4.79 Å². The number of nitrogens with two attached hydrogens (primary N) is 1. The van der Waals surface area contributed by atoms with Gasteiger partial charge in [0.05, 0.1) is 28.7 Å². The highest BCUT2D eigenvalue weighted by molar-refractivity contribution is 5.93. The minimum absolute atomic E-state index is 0.0631. The van der Waals surface area contributed by atoms with Gasteiger partial charge in [-0.05, 0) is 31.4 Å². The van der Waals surface area contributed by atoms with Crippen molar-refractivity contribution < 1.29 is 0 Å². The highest BCUT2D eigenvalue weighted by Crippen LogP contribution is 2.37. The summed E-state index contributed by atoms with van der Waals surface area (Å²) in [5, 5.41) is 8.24. The van der Waals surface area contributed by atoms with Crippen molar-refractivity contribution in [2.75, 3.05) is 11.1 Å². The van der Waals surface area contributed by atoms with Crippen LogP contribution in [-0.4, -0.2) is 39.3 Å². The molecule has 1 atom stereocenters. The SMILES string of the molecule is C[C@H](Nc1ncnc(N)c1C#Cc1cncnc1)c1nc2cccc(-c3cnn(C)c3)c2c(=O)n1C1CC1. The lowest BCUT2D eigenvalue weighted by Crippen LogP contribution is -2.28. The molecule has 4 aromatic heterocycles. The predicted octanol–water partition coefficient (Wildman–Crippen LogP) is 2.87. The van der Waals surface area contributed by atoms with E-state index in [0.717, 1.165) is 24.0 Å². The number of nitrogens with zero attached hydrogens (tertiary/aromatic N) is 8. The summed E-state index contributed by atoms with van der Waals surface area (Å²) in [5.41, 5.74) is 9.50. The monoisotopic (exact) mass is 504 g/mol. The van der Waals surface area contributed by atoms with Gasteiger partial charge in [-0.3, -0.25) is 14.0 Å². The molecule has 0 unspecified atom stereocenters. The molecule has 6 rings (SSSR count). The van der Waals surface area contributed by atoms with Crippen LogP contribution in [0.5, 0.6) is 0 Å². The topological polar surface area (TPSA) is 142 Å². The van der Waals surface area contributed by atoms with E-state index in [0.29, 0.717) is 33.7 Å². The van der Waals surface area contributed by atoms with Crippen LogP contribution in [-0.2, 0) is 7.05 Å². The third-order valence-electron chi connectivity index (χ3n) is 6.39. The summed E-state index contributed by atoms with van der Waals surface area (Å²) in [5.74, 6) is 7.35. The number of aryl methyl sites for hydroxylation is 1. The van der Waals surface area contributed by atoms with Gasteiger partial charge in [0.25, 0.3) is 5.56 Å². The molecule has 1 fully saturated rings. The van der Waals surface area contributed by atoms with E-state index < -0.39 is 0 Å². The van der Waals surface area contributed by atoms with Crippen LogP contribution >= 0.6 is 0 Å². The maximum absolute atomic E-state index is 14.0. The maximum Gasteiger partial charge on any atom is 0.262 e. The Hall–Kier alpha value is -5.11. The van der Waals surface area contributed by atoms with Crippen LogP contribution in [0.2, 0.25) is 0 Å². The van der Waals surface area contributed by atoms with E-state index in [1.807, 2.05) is 42.9 Å². The minimum atomic E-state index is -0.371. The molecule has 3 N–H and O–H groups in total. The number of aromatic nitrogens is 8. The fraction of sp³-hybridized carbons (Fsp3) is 0.222. The molecule has 1 aliphatic carbocycles. The number of nitrogen functional groups attached to an aromatic ring is 1. The van der Waals surface area contributed by atoms with E-state index in [1.165, 1.54) is 12.7 Å². The molecule has 0 saturated heterocycles. The van der Waals surface area contributed by atoms with Crippen molar-refractivity contribution in [2.24, 2.45) is 7.05 Å². The van der Waals surface area contributed by atoms with Crippen molar-refractivity contribution in [3.63, 3.8) is 0 Å². The molecule has 11 heteroatoms. The molecule has 1 aromatic carbocycles. The summed E-state index contributed by atoms with van der Waals surface area (Å²) < 4.78 is 3.54. The maximum atomic E-state index is 14.0. The van der Waals surface area contributed by atoms with Crippen LogP contribution in [0.1, 0.15) is 48.8 Å². The molecule has 0 spiro atoms. The van der Waals surface area contributed by atoms with Gasteiger partial charge in [-0.2, -0.15) is 5.10 Å². The molecule has 5 aromatic rings. The summed E-state index contributed by atoms with van der Waals surface area (Å²) in [4.78, 5) is 35.4. The van der Waals surface area contributed by atoms with E-state index in [1.54, 1.807) is 23.3 Å². The average Bonchev–Trinajstić information content (AvgIpc) is 3.67. The molecule has 0 aliphatic heterocycles. The van der Waals surface area contributed by atoms with E-state index in [4.69, 9.17) is 10.7 Å². The standard InChI is InChI=1S/C27H24N10O/c1-16(34-25-21(24(28)31-15-32-25)9-6-17-10-29-14-30-11-17)26-35-22-5-3-4-20(18-12-33-36(2)13-18)23(22)27(38)37(26)19-7-8-19/h3-5,10-16,19H,7-8H2,1-2H3,(H3,28,31,32,34)/t16-/m0/s1. The summed E-state index contributed by atoms with van der Waals surface area (Å²) in [7, 11) is 1.85. The molecule has 0 amide bonds. The van der Waals surface area contributed by atoms with Crippen molar-refractivity contribution in [2.45, 2.75) is 31.8 Å². The van der Waals surface area contributed by atoms with Crippen molar-refractivity contribution >= 4 is 22.5 Å². The first-order chi connectivity index (χ1) is 18.5. The number of anilines is 2. The summed E-state index contributed by atoms with van der Waals surface area (Å²) in [6.45, 7) is 1.94. The Morgan fingerprint density at radius 1 is 1.11 bits per heavy atom. The smallest absolute Gasteiger partial charge is 0.262 e. The molecule has 38 heavy (non-hydrogen) atoms. The molecule has 4 heterocycles. The first kappa shape index (κ1) is 23.3. The van der Waals surface area contributed by atoms with Crippen molar-refractivity contribution in [1.29, 1.82) is 0 Å². The first-order valence-electron chi connectivity index (χ1n) is 12.2. The fourth-order valence-corrected chi connectivity index (χ4v) is 4.45. The van der Waals surface area contributed by atoms with Crippen LogP contribution in [0.15, 0.2) is 60.4 Å². The number of rotatable bonds is 5. The number of hydrogen-bond donors (Lipinski definition) is 2. The Kier molecular flexibility index (Phi) is 5.76. The average molecular weight is 505 g/mol. The van der Waals surface area contributed by atoms with Crippen LogP contribution in [0.3, 0.4) is 0 Å². The van der Waals surface area contributed by atoms with Crippen LogP contribution in [0.25, 0.3) is 22.0 Å². The predicted molar refractivity (Wildman–Crippen MR) is 143 cm³/mol. The zero-order valence-corrected chi connectivity index (χ0v) is 20.8. The van der Waals surface area contributed by atoms with Crippen molar-refractivity contribution in [3.8, 4) is 23.0 Å². The number of fused-ring (bicyclic) bond motifs is 1. The highest BCUT2D eigenvalue weighted by Gasteiger charge is 2.31. The van der Waals surface area contributed by atoms with Crippen LogP contribution in [0, 0.1) is 11.8 Å². The van der Waals surface area contributed by atoms with Crippen molar-refractivity contribution in [3.05, 3.63) is 82.9 Å². The number of benzene rings is 1. The second-order valence-electron chi connectivity index (χ2n) is 9.20. The van der Waals surface area contributed by atoms with E-state index in [-0.39, 0.29) is 23.5 Å². The molecular formula is C27H24N10O. The largest absolute Gasteiger partial charge is 0.382 e. The molecule has 0 radical (unpaired) electrons. The highest BCUT2D eigenvalue weighted by atomic mass is 16.1. The van der Waals surface area contributed by atoms with Gasteiger partial charge >= 0.3 is 0 Å². The Morgan fingerprint density at radius 3 is 2.66 bits per heavy atom. The van der Waals surface area contributed by atoms with Gasteiger partial charge in [-0.25, -0.2) is 24.9 Å². The van der Waals surface area contributed by atoms with Gasteiger partial charge < -0.3 is 11.1 Å². The van der Waals surface area contributed by atoms with Gasteiger partial charge in [0.2, 0.25) is 0 Å². The number of nitrogens with one attached hydrogen (secondary N) is 1. The lowest BCUT2D eigenvalue weighted by molar-refractivity contribution is 0.609. The third kappa shape index (κ3) is 4.32. The van der Waals surface area contributed by atoms with Gasteiger partial charge in [0, 0.05) is 37.2 Å². The second kappa shape index (κ2) is 9.40. The molecular weight excluding hydrogens is 480 g/mol. The van der Waals surface area contributed by atoms with Gasteiger partial charge in [-0.1, -0.05) is 24.0 Å². The lowest BCUT2D eigenvalue weighted by atomic mass is 10.0. The normalized spacial score (nSPS) is 13.6. The Labute approximate surface area is 217 Å². The first-order valence-corrected chi connectivity index (χ1v) is 12.2. The Morgan fingerprint density at radius 2 is 1.92 bits per heavy atom.